The predicted octanol–water partition coefficient (Wildman–Crippen LogP) is 1.64. The van der Waals surface area contributed by atoms with Crippen molar-refractivity contribution in [2.75, 3.05) is 11.8 Å². The number of para-hydroxylation sites is 1. The number of methoxy groups -OCH3 is 1. The van der Waals surface area contributed by atoms with E-state index in [1.807, 2.05) is 4.72 Å². The lowest BCUT2D eigenvalue weighted by molar-refractivity contribution is 0.236. The third kappa shape index (κ3) is 4.07. The quantitative estimate of drug-likeness (QED) is 0.817. The van der Waals surface area contributed by atoms with E-state index in [0.717, 1.165) is 6.07 Å². The van der Waals surface area contributed by atoms with Crippen LogP contribution >= 0.6 is 0 Å². The van der Waals surface area contributed by atoms with Crippen LogP contribution in [0.2, 0.25) is 0 Å². The lowest BCUT2D eigenvalue weighted by Crippen LogP contribution is -2.22. The number of nitrogens with one attached hydrogen (secondary N) is 2. The molecule has 0 aliphatic carbocycles. The molecule has 2 N–H and O–H groups in total. The molecule has 10 heteroatoms. The van der Waals surface area contributed by atoms with Crippen LogP contribution in [0.4, 0.5) is 14.5 Å². The Balaban J connectivity index is 2.43. The number of aromatic amines is 1. The van der Waals surface area contributed by atoms with Crippen LogP contribution in [0.1, 0.15) is 17.0 Å². The van der Waals surface area contributed by atoms with Crippen LogP contribution in [0.15, 0.2) is 29.1 Å². The Morgan fingerprint density at radius 1 is 1.38 bits per heavy atom. The second kappa shape index (κ2) is 6.95. The fraction of sp³-hybridized carbons (Fsp3) is 0.286. The van der Waals surface area contributed by atoms with Crippen molar-refractivity contribution in [1.82, 2.24) is 9.97 Å². The van der Waals surface area contributed by atoms with E-state index in [9.17, 15) is 22.0 Å². The molecule has 0 saturated heterocycles. The first-order chi connectivity index (χ1) is 11.2. The zero-order valence-corrected chi connectivity index (χ0v) is 13.7. The Bertz CT molecular complexity index is 897. The van der Waals surface area contributed by atoms with Crippen LogP contribution in [0.5, 0.6) is 5.88 Å². The molecule has 0 saturated carbocycles. The summed E-state index contributed by atoms with van der Waals surface area (Å²) < 4.78 is 54.9. The van der Waals surface area contributed by atoms with Crippen LogP contribution < -0.4 is 15.0 Å². The molecule has 1 heterocycles. The van der Waals surface area contributed by atoms with E-state index >= 15 is 0 Å². The average molecular weight is 359 g/mol. The van der Waals surface area contributed by atoms with Crippen LogP contribution in [-0.2, 0) is 16.4 Å². The smallest absolute Gasteiger partial charge is 0.355 e. The Morgan fingerprint density at radius 3 is 2.71 bits per heavy atom. The van der Waals surface area contributed by atoms with Gasteiger partial charge in [0.15, 0.2) is 0 Å². The van der Waals surface area contributed by atoms with E-state index in [2.05, 4.69) is 9.97 Å². The Labute approximate surface area is 136 Å². The van der Waals surface area contributed by atoms with Gasteiger partial charge in [-0.3, -0.25) is 9.52 Å². The van der Waals surface area contributed by atoms with Gasteiger partial charge in [0, 0.05) is 6.42 Å². The van der Waals surface area contributed by atoms with Crippen LogP contribution in [0, 0.1) is 6.92 Å². The number of rotatable bonds is 6. The molecule has 0 aliphatic heterocycles. The normalized spacial score (nSPS) is 11.5. The minimum atomic E-state index is -4.81. The van der Waals surface area contributed by atoms with Gasteiger partial charge in [0.25, 0.3) is 15.6 Å². The topological polar surface area (TPSA) is 101 Å². The largest absolute Gasteiger partial charge is 0.481 e. The molecule has 0 amide bonds. The second-order valence-electron chi connectivity index (χ2n) is 4.93. The molecule has 130 valence electrons. The van der Waals surface area contributed by atoms with Gasteiger partial charge in [0.1, 0.15) is 5.82 Å². The fourth-order valence-corrected chi connectivity index (χ4v) is 2.73. The van der Waals surface area contributed by atoms with Gasteiger partial charge in [-0.1, -0.05) is 18.2 Å². The Morgan fingerprint density at radius 2 is 2.08 bits per heavy atom. The highest BCUT2D eigenvalue weighted by atomic mass is 32.2. The van der Waals surface area contributed by atoms with Crippen molar-refractivity contribution in [2.24, 2.45) is 0 Å². The summed E-state index contributed by atoms with van der Waals surface area (Å²) in [5.74, 6) is -3.25. The minimum absolute atomic E-state index is 0.0230. The number of alkyl halides is 2. The number of aromatic nitrogens is 2. The van der Waals surface area contributed by atoms with Crippen molar-refractivity contribution >= 4 is 15.7 Å². The number of H-pyrrole nitrogens is 1. The molecule has 0 spiro atoms. The first kappa shape index (κ1) is 17.9. The van der Waals surface area contributed by atoms with E-state index in [0.29, 0.717) is 11.1 Å². The van der Waals surface area contributed by atoms with Crippen molar-refractivity contribution in [3.63, 3.8) is 0 Å². The fourth-order valence-electron chi connectivity index (χ4n) is 2.06. The Hall–Kier alpha value is -2.49. The molecule has 0 fully saturated rings. The van der Waals surface area contributed by atoms with Gasteiger partial charge in [-0.25, -0.2) is 8.42 Å². The Kier molecular flexibility index (Phi) is 5.17. The van der Waals surface area contributed by atoms with Crippen molar-refractivity contribution < 1.29 is 21.9 Å². The second-order valence-corrected chi connectivity index (χ2v) is 6.58. The van der Waals surface area contributed by atoms with Crippen molar-refractivity contribution in [1.29, 1.82) is 0 Å². The maximum Gasteiger partial charge on any atom is 0.355 e. The molecule has 0 atom stereocenters. The molecule has 24 heavy (non-hydrogen) atoms. The number of benzene rings is 1. The van der Waals surface area contributed by atoms with E-state index < -0.39 is 21.3 Å². The summed E-state index contributed by atoms with van der Waals surface area (Å²) in [4.78, 5) is 18.1. The molecule has 0 radical (unpaired) electrons. The SMILES string of the molecule is COc1cc(=O)[nH]c(Cc2cccc(C)c2NS(=O)(=O)C(F)F)n1. The maximum absolute atomic E-state index is 12.6. The maximum atomic E-state index is 12.6. The van der Waals surface area contributed by atoms with Gasteiger partial charge in [-0.05, 0) is 18.1 Å². The molecule has 2 rings (SSSR count). The molecule has 1 aromatic heterocycles. The van der Waals surface area contributed by atoms with Crippen LogP contribution in [-0.4, -0.2) is 31.3 Å². The average Bonchev–Trinajstić information content (AvgIpc) is 2.50. The number of anilines is 1. The number of ether oxygens (including phenoxy) is 1. The predicted molar refractivity (Wildman–Crippen MR) is 83.9 cm³/mol. The zero-order valence-electron chi connectivity index (χ0n) is 12.8. The summed E-state index contributed by atoms with van der Waals surface area (Å²) in [6.07, 6.45) is 0.0230. The summed E-state index contributed by atoms with van der Waals surface area (Å²) in [5, 5.41) is 0. The highest BCUT2D eigenvalue weighted by molar-refractivity contribution is 7.93. The van der Waals surface area contributed by atoms with E-state index in [-0.39, 0.29) is 23.8 Å². The lowest BCUT2D eigenvalue weighted by atomic mass is 10.1. The summed E-state index contributed by atoms with van der Waals surface area (Å²) in [5.41, 5.74) is 0.431. The highest BCUT2D eigenvalue weighted by Gasteiger charge is 2.25. The molecule has 2 aromatic rings. The molecule has 0 aliphatic rings. The molecule has 7 nitrogen and oxygen atoms in total. The first-order valence-corrected chi connectivity index (χ1v) is 8.30. The third-order valence-corrected chi connectivity index (χ3v) is 4.13. The number of nitrogens with zero attached hydrogens (tertiary/aromatic N) is 1. The molecular weight excluding hydrogens is 344 g/mol. The summed E-state index contributed by atoms with van der Waals surface area (Å²) in [7, 11) is -3.46. The van der Waals surface area contributed by atoms with E-state index in [1.54, 1.807) is 25.1 Å². The van der Waals surface area contributed by atoms with Gasteiger partial charge >= 0.3 is 5.76 Å². The van der Waals surface area contributed by atoms with Crippen LogP contribution in [0.3, 0.4) is 0 Å². The van der Waals surface area contributed by atoms with Gasteiger partial charge in [0.05, 0.1) is 18.9 Å². The monoisotopic (exact) mass is 359 g/mol. The first-order valence-electron chi connectivity index (χ1n) is 6.75. The van der Waals surface area contributed by atoms with Gasteiger partial charge in [-0.15, -0.1) is 0 Å². The molecule has 1 aromatic carbocycles. The number of hydrogen-bond donors (Lipinski definition) is 2. The third-order valence-electron chi connectivity index (χ3n) is 3.17. The van der Waals surface area contributed by atoms with Crippen LogP contribution in [0.25, 0.3) is 0 Å². The number of hydrogen-bond acceptors (Lipinski definition) is 5. The molecule has 0 unspecified atom stereocenters. The lowest BCUT2D eigenvalue weighted by Gasteiger charge is -2.14. The molecule has 0 bridgehead atoms. The standard InChI is InChI=1S/C14H15F2N3O4S/c1-8-4-3-5-9(13(8)19-24(21,22)14(15)16)6-10-17-11(20)7-12(18-10)23-2/h3-5,7,14,19H,6H2,1-2H3,(H,17,18,20). The number of aryl methyl sites for hydroxylation is 1. The molecular formula is C14H15F2N3O4S. The van der Waals surface area contributed by atoms with Gasteiger partial charge < -0.3 is 9.72 Å². The van der Waals surface area contributed by atoms with Crippen molar-refractivity contribution in [3.8, 4) is 5.88 Å². The van der Waals surface area contributed by atoms with E-state index in [1.165, 1.54) is 7.11 Å². The van der Waals surface area contributed by atoms with Gasteiger partial charge in [-0.2, -0.15) is 13.8 Å². The zero-order chi connectivity index (χ0) is 17.9. The highest BCUT2D eigenvalue weighted by Crippen LogP contribution is 2.25. The van der Waals surface area contributed by atoms with Gasteiger partial charge in [0.2, 0.25) is 5.88 Å². The number of halogens is 2. The summed E-state index contributed by atoms with van der Waals surface area (Å²) in [6.45, 7) is 1.58. The minimum Gasteiger partial charge on any atom is -0.481 e. The van der Waals surface area contributed by atoms with Crippen molar-refractivity contribution in [3.05, 3.63) is 51.6 Å². The van der Waals surface area contributed by atoms with E-state index in [4.69, 9.17) is 4.74 Å². The van der Waals surface area contributed by atoms with Crippen molar-refractivity contribution in [2.45, 2.75) is 19.1 Å². The summed E-state index contributed by atoms with van der Waals surface area (Å²) >= 11 is 0. The number of sulfonamides is 1. The summed E-state index contributed by atoms with van der Waals surface area (Å²) in [6, 6.07) is 5.92.